The van der Waals surface area contributed by atoms with E-state index in [1.54, 1.807) is 0 Å². The molecule has 1 atom stereocenters. The molecule has 0 aromatic carbocycles. The first-order valence-corrected chi connectivity index (χ1v) is 10.1. The van der Waals surface area contributed by atoms with Crippen molar-refractivity contribution in [3.63, 3.8) is 0 Å². The lowest BCUT2D eigenvalue weighted by Gasteiger charge is -2.27. The van der Waals surface area contributed by atoms with Gasteiger partial charge in [0.15, 0.2) is 0 Å². The van der Waals surface area contributed by atoms with Gasteiger partial charge in [-0.25, -0.2) is 0 Å². The molecule has 0 bridgehead atoms. The van der Waals surface area contributed by atoms with Crippen LogP contribution < -0.4 is 0 Å². The third kappa shape index (κ3) is 12.1. The Labute approximate surface area is 156 Å². The molecule has 0 aliphatic rings. The Morgan fingerprint density at radius 3 is 2.32 bits per heavy atom. The highest BCUT2D eigenvalue weighted by Crippen LogP contribution is 2.22. The molecule has 148 valence electrons. The first-order chi connectivity index (χ1) is 11.6. The maximum absolute atomic E-state index is 6.07. The van der Waals surface area contributed by atoms with Crippen LogP contribution in [0.1, 0.15) is 93.7 Å². The van der Waals surface area contributed by atoms with Crippen LogP contribution in [0.3, 0.4) is 0 Å². The van der Waals surface area contributed by atoms with Crippen LogP contribution in [0.5, 0.6) is 0 Å². The quantitative estimate of drug-likeness (QED) is 0.525. The summed E-state index contributed by atoms with van der Waals surface area (Å²) in [5, 5.41) is 8.57. The zero-order valence-corrected chi connectivity index (χ0v) is 18.4. The van der Waals surface area contributed by atoms with Gasteiger partial charge in [-0.2, -0.15) is 0 Å². The molecule has 1 heterocycles. The second-order valence-electron chi connectivity index (χ2n) is 8.74. The van der Waals surface area contributed by atoms with Crippen LogP contribution in [0, 0.1) is 11.3 Å². The van der Waals surface area contributed by atoms with Gasteiger partial charge in [0.25, 0.3) is 0 Å². The Morgan fingerprint density at radius 2 is 1.76 bits per heavy atom. The van der Waals surface area contributed by atoms with E-state index >= 15 is 0 Å². The average Bonchev–Trinajstić information content (AvgIpc) is 2.93. The third-order valence-corrected chi connectivity index (χ3v) is 4.21. The molecule has 0 fully saturated rings. The second kappa shape index (κ2) is 11.7. The van der Waals surface area contributed by atoms with Gasteiger partial charge in [0, 0.05) is 19.3 Å². The number of aryl methyl sites for hydroxylation is 1. The van der Waals surface area contributed by atoms with Crippen molar-refractivity contribution in [1.29, 1.82) is 0 Å². The zero-order chi connectivity index (χ0) is 19.5. The minimum atomic E-state index is -0.118. The average molecular weight is 354 g/mol. The maximum atomic E-state index is 6.07. The van der Waals surface area contributed by atoms with E-state index in [2.05, 4.69) is 65.0 Å². The van der Waals surface area contributed by atoms with Gasteiger partial charge in [0.2, 0.25) is 0 Å². The Hall–Kier alpha value is -0.900. The summed E-state index contributed by atoms with van der Waals surface area (Å²) in [5.41, 5.74) is 1.32. The van der Waals surface area contributed by atoms with Crippen LogP contribution in [0.2, 0.25) is 0 Å². The second-order valence-corrected chi connectivity index (χ2v) is 8.74. The lowest BCUT2D eigenvalue weighted by atomic mass is 9.93. The van der Waals surface area contributed by atoms with Gasteiger partial charge in [-0.3, -0.25) is 4.68 Å². The minimum Gasteiger partial charge on any atom is -0.375 e. The molecule has 25 heavy (non-hydrogen) atoms. The van der Waals surface area contributed by atoms with Crippen LogP contribution in [0.25, 0.3) is 0 Å². The molecule has 1 aromatic rings. The summed E-state index contributed by atoms with van der Waals surface area (Å²) in [6.07, 6.45) is 7.64. The van der Waals surface area contributed by atoms with E-state index in [1.165, 1.54) is 12.8 Å². The number of hydrogen-bond acceptors (Lipinski definition) is 3. The fraction of sp³-hybridized carbons (Fsp3) is 0.905. The van der Waals surface area contributed by atoms with Crippen LogP contribution in [-0.4, -0.2) is 27.2 Å². The van der Waals surface area contributed by atoms with Crippen molar-refractivity contribution in [3.8, 4) is 0 Å². The van der Waals surface area contributed by atoms with E-state index < -0.39 is 0 Å². The Morgan fingerprint density at radius 1 is 1.12 bits per heavy atom. The first-order valence-electron chi connectivity index (χ1n) is 10.1. The van der Waals surface area contributed by atoms with Gasteiger partial charge >= 0.3 is 0 Å². The standard InChI is InChI=1S/C19H37N3O.C2H6/c1-8-9-16(2)14-17-15-22(21-20-17)12-10-19(6,7)23-13-11-18(3,4)5;1-2/h15-16H,8-14H2,1-7H3;1-2H3. The van der Waals surface area contributed by atoms with Crippen molar-refractivity contribution >= 4 is 0 Å². The van der Waals surface area contributed by atoms with E-state index in [9.17, 15) is 0 Å². The number of nitrogens with zero attached hydrogens (tertiary/aromatic N) is 3. The first kappa shape index (κ1) is 24.1. The molecule has 1 aromatic heterocycles. The van der Waals surface area contributed by atoms with Crippen LogP contribution in [0.15, 0.2) is 6.20 Å². The Balaban J connectivity index is 0.00000277. The van der Waals surface area contributed by atoms with Gasteiger partial charge in [-0.15, -0.1) is 5.10 Å². The summed E-state index contributed by atoms with van der Waals surface area (Å²) in [4.78, 5) is 0. The Kier molecular flexibility index (Phi) is 11.2. The summed E-state index contributed by atoms with van der Waals surface area (Å²) in [6, 6.07) is 0. The highest BCUT2D eigenvalue weighted by molar-refractivity contribution is 4.93. The van der Waals surface area contributed by atoms with E-state index in [1.807, 2.05) is 18.5 Å². The lowest BCUT2D eigenvalue weighted by molar-refractivity contribution is -0.0360. The molecule has 0 saturated carbocycles. The fourth-order valence-electron chi connectivity index (χ4n) is 2.58. The molecule has 0 N–H and O–H groups in total. The van der Waals surface area contributed by atoms with Crippen LogP contribution in [0.4, 0.5) is 0 Å². The molecule has 0 spiro atoms. The van der Waals surface area contributed by atoms with Crippen molar-refractivity contribution in [3.05, 3.63) is 11.9 Å². The highest BCUT2D eigenvalue weighted by atomic mass is 16.5. The predicted octanol–water partition coefficient (Wildman–Crippen LogP) is 5.90. The topological polar surface area (TPSA) is 39.9 Å². The smallest absolute Gasteiger partial charge is 0.0829 e. The highest BCUT2D eigenvalue weighted by Gasteiger charge is 2.20. The van der Waals surface area contributed by atoms with Gasteiger partial charge < -0.3 is 4.74 Å². The summed E-state index contributed by atoms with van der Waals surface area (Å²) >= 11 is 0. The van der Waals surface area contributed by atoms with Crippen molar-refractivity contribution in [2.24, 2.45) is 11.3 Å². The molecule has 0 amide bonds. The normalized spacial score (nSPS) is 13.3. The zero-order valence-electron chi connectivity index (χ0n) is 18.4. The summed E-state index contributed by atoms with van der Waals surface area (Å²) in [7, 11) is 0. The molecule has 1 rings (SSSR count). The Bertz CT molecular complexity index is 446. The number of ether oxygens (including phenoxy) is 1. The van der Waals surface area contributed by atoms with Gasteiger partial charge in [0.1, 0.15) is 0 Å². The van der Waals surface area contributed by atoms with Crippen molar-refractivity contribution in [2.75, 3.05) is 6.61 Å². The number of rotatable bonds is 10. The molecule has 1 unspecified atom stereocenters. The largest absolute Gasteiger partial charge is 0.375 e. The fourth-order valence-corrected chi connectivity index (χ4v) is 2.58. The summed E-state index contributed by atoms with van der Waals surface area (Å²) in [5.74, 6) is 0.683. The van der Waals surface area contributed by atoms with E-state index in [0.29, 0.717) is 11.3 Å². The molecular weight excluding hydrogens is 310 g/mol. The molecule has 0 saturated heterocycles. The van der Waals surface area contributed by atoms with Crippen molar-refractivity contribution in [2.45, 2.75) is 107 Å². The molecule has 0 aliphatic carbocycles. The van der Waals surface area contributed by atoms with E-state index in [4.69, 9.17) is 4.74 Å². The van der Waals surface area contributed by atoms with Crippen molar-refractivity contribution < 1.29 is 4.74 Å². The maximum Gasteiger partial charge on any atom is 0.0829 e. The third-order valence-electron chi connectivity index (χ3n) is 4.21. The van der Waals surface area contributed by atoms with Crippen LogP contribution >= 0.6 is 0 Å². The monoisotopic (exact) mass is 353 g/mol. The number of aromatic nitrogens is 3. The molecule has 4 heteroatoms. The van der Waals surface area contributed by atoms with Crippen molar-refractivity contribution in [1.82, 2.24) is 15.0 Å². The molecule has 0 aliphatic heterocycles. The predicted molar refractivity (Wildman–Crippen MR) is 108 cm³/mol. The lowest BCUT2D eigenvalue weighted by Crippen LogP contribution is -2.28. The summed E-state index contributed by atoms with van der Waals surface area (Å²) in [6.45, 7) is 21.3. The minimum absolute atomic E-state index is 0.118. The summed E-state index contributed by atoms with van der Waals surface area (Å²) < 4.78 is 8.03. The molecule has 4 nitrogen and oxygen atoms in total. The van der Waals surface area contributed by atoms with Gasteiger partial charge in [-0.05, 0) is 44.4 Å². The van der Waals surface area contributed by atoms with Gasteiger partial charge in [0.05, 0.1) is 11.3 Å². The van der Waals surface area contributed by atoms with Gasteiger partial charge in [-0.1, -0.05) is 66.5 Å². The SMILES string of the molecule is CC.CCCC(C)Cc1cn(CCC(C)(C)OCCC(C)(C)C)nn1. The van der Waals surface area contributed by atoms with E-state index in [-0.39, 0.29) is 5.60 Å². The number of hydrogen-bond donors (Lipinski definition) is 0. The van der Waals surface area contributed by atoms with Crippen LogP contribution in [-0.2, 0) is 17.7 Å². The molecular formula is C21H43N3O. The molecule has 0 radical (unpaired) electrons. The van der Waals surface area contributed by atoms with E-state index in [0.717, 1.165) is 38.1 Å².